The fraction of sp³-hybridized carbons (Fsp3) is 0.300. The van der Waals surface area contributed by atoms with Crippen LogP contribution in [0.25, 0.3) is 0 Å². The second kappa shape index (κ2) is 9.99. The summed E-state index contributed by atoms with van der Waals surface area (Å²) < 4.78 is 0. The quantitative estimate of drug-likeness (QED) is 0.623. The Morgan fingerprint density at radius 3 is 2.58 bits per heavy atom. The zero-order valence-corrected chi connectivity index (χ0v) is 16.0. The molecule has 0 radical (unpaired) electrons. The number of benzene rings is 2. The summed E-state index contributed by atoms with van der Waals surface area (Å²) in [6.45, 7) is 4.93. The lowest BCUT2D eigenvalue weighted by atomic mass is 10.1. The monoisotopic (exact) mass is 371 g/mol. The largest absolute Gasteiger partial charge is 0.351 e. The number of carbonyl (C=O) groups excluding carboxylic acids is 2. The molecule has 2 aromatic carbocycles. The second-order valence-corrected chi connectivity index (χ2v) is 7.15. The summed E-state index contributed by atoms with van der Waals surface area (Å²) in [5.74, 6) is 0.326. The Morgan fingerprint density at radius 1 is 1.08 bits per heavy atom. The van der Waals surface area contributed by atoms with E-state index in [1.807, 2.05) is 0 Å². The Hall–Kier alpha value is -2.31. The smallest absolute Gasteiger partial charge is 0.253 e. The van der Waals surface area contributed by atoms with Crippen LogP contribution in [0, 0.1) is 13.8 Å². The van der Waals surface area contributed by atoms with Crippen molar-refractivity contribution in [1.82, 2.24) is 5.32 Å². The first-order valence-electron chi connectivity index (χ1n) is 8.58. The van der Waals surface area contributed by atoms with Gasteiger partial charge in [-0.1, -0.05) is 18.2 Å². The van der Waals surface area contributed by atoms with Crippen LogP contribution in [-0.2, 0) is 4.79 Å². The van der Waals surface area contributed by atoms with Crippen LogP contribution in [0.4, 0.5) is 5.69 Å². The summed E-state index contributed by atoms with van der Waals surface area (Å²) in [6, 6.07) is 13.3. The molecule has 6 heteroatoms. The topological polar surface area (TPSA) is 84.2 Å². The summed E-state index contributed by atoms with van der Waals surface area (Å²) in [5.41, 5.74) is 8.87. The van der Waals surface area contributed by atoms with Crippen LogP contribution in [0.3, 0.4) is 0 Å². The molecule has 5 nitrogen and oxygen atoms in total. The van der Waals surface area contributed by atoms with Gasteiger partial charge in [0, 0.05) is 30.2 Å². The van der Waals surface area contributed by atoms with Crippen LogP contribution in [0.2, 0.25) is 0 Å². The van der Waals surface area contributed by atoms with Gasteiger partial charge in [0.05, 0.1) is 11.3 Å². The normalized spacial score (nSPS) is 10.4. The second-order valence-electron chi connectivity index (χ2n) is 5.98. The number of hydrogen-bond acceptors (Lipinski definition) is 4. The third-order valence-corrected chi connectivity index (χ3v) is 4.95. The number of carbonyl (C=O) groups is 2. The molecule has 2 aromatic rings. The molecule has 0 heterocycles. The first-order chi connectivity index (χ1) is 12.5. The van der Waals surface area contributed by atoms with E-state index in [1.165, 1.54) is 11.1 Å². The molecule has 0 saturated heterocycles. The van der Waals surface area contributed by atoms with E-state index < -0.39 is 0 Å². The minimum Gasteiger partial charge on any atom is -0.351 e. The molecule has 0 saturated carbocycles. The molecule has 0 aliphatic rings. The fourth-order valence-electron chi connectivity index (χ4n) is 2.35. The summed E-state index contributed by atoms with van der Waals surface area (Å²) in [7, 11) is 0. The molecule has 0 aliphatic carbocycles. The van der Waals surface area contributed by atoms with E-state index in [-0.39, 0.29) is 11.8 Å². The van der Waals surface area contributed by atoms with Gasteiger partial charge in [-0.25, -0.2) is 0 Å². The van der Waals surface area contributed by atoms with Crippen LogP contribution in [0.1, 0.15) is 27.9 Å². The fourth-order valence-corrected chi connectivity index (χ4v) is 3.30. The van der Waals surface area contributed by atoms with Crippen molar-refractivity contribution in [3.63, 3.8) is 0 Å². The van der Waals surface area contributed by atoms with Gasteiger partial charge in [0.25, 0.3) is 5.91 Å². The standard InChI is InChI=1S/C20H25N3O2S/c1-14-7-8-16(13-15(14)2)26-12-9-19(24)23-18-6-4-3-5-17(18)20(25)22-11-10-21/h3-8,13H,9-12,21H2,1-2H3,(H,22,25)(H,23,24). The first-order valence-corrected chi connectivity index (χ1v) is 9.57. The highest BCUT2D eigenvalue weighted by molar-refractivity contribution is 7.99. The lowest BCUT2D eigenvalue weighted by Crippen LogP contribution is -2.30. The van der Waals surface area contributed by atoms with Gasteiger partial charge in [-0.3, -0.25) is 9.59 Å². The number of para-hydroxylation sites is 1. The molecule has 138 valence electrons. The van der Waals surface area contributed by atoms with Crippen molar-refractivity contribution < 1.29 is 9.59 Å². The van der Waals surface area contributed by atoms with Crippen LogP contribution >= 0.6 is 11.8 Å². The van der Waals surface area contributed by atoms with Crippen molar-refractivity contribution in [2.24, 2.45) is 5.73 Å². The Balaban J connectivity index is 1.89. The van der Waals surface area contributed by atoms with E-state index in [1.54, 1.807) is 36.0 Å². The Labute approximate surface area is 158 Å². The van der Waals surface area contributed by atoms with Crippen molar-refractivity contribution in [1.29, 1.82) is 0 Å². The van der Waals surface area contributed by atoms with Gasteiger partial charge in [-0.05, 0) is 49.2 Å². The van der Waals surface area contributed by atoms with Crippen molar-refractivity contribution in [3.05, 3.63) is 59.2 Å². The van der Waals surface area contributed by atoms with Crippen molar-refractivity contribution >= 4 is 29.3 Å². The summed E-state index contributed by atoms with van der Waals surface area (Å²) in [4.78, 5) is 25.5. The first kappa shape index (κ1) is 20.0. The van der Waals surface area contributed by atoms with Gasteiger partial charge < -0.3 is 16.4 Å². The van der Waals surface area contributed by atoms with E-state index in [0.29, 0.717) is 36.5 Å². The van der Waals surface area contributed by atoms with Crippen LogP contribution in [0.5, 0.6) is 0 Å². The SMILES string of the molecule is Cc1ccc(SCCC(=O)Nc2ccccc2C(=O)NCCN)cc1C. The minimum absolute atomic E-state index is 0.111. The molecule has 0 unspecified atom stereocenters. The maximum atomic E-state index is 12.2. The average molecular weight is 372 g/mol. The molecule has 0 atom stereocenters. The number of rotatable bonds is 8. The van der Waals surface area contributed by atoms with Gasteiger partial charge >= 0.3 is 0 Å². The predicted molar refractivity (Wildman–Crippen MR) is 108 cm³/mol. The molecule has 0 bridgehead atoms. The number of nitrogens with one attached hydrogen (secondary N) is 2. The number of nitrogens with two attached hydrogens (primary N) is 1. The molecule has 2 amide bonds. The van der Waals surface area contributed by atoms with Crippen LogP contribution < -0.4 is 16.4 Å². The predicted octanol–water partition coefficient (Wildman–Crippen LogP) is 3.11. The van der Waals surface area contributed by atoms with Crippen LogP contribution in [-0.4, -0.2) is 30.7 Å². The number of amides is 2. The van der Waals surface area contributed by atoms with E-state index in [2.05, 4.69) is 42.7 Å². The summed E-state index contributed by atoms with van der Waals surface area (Å²) >= 11 is 1.65. The maximum Gasteiger partial charge on any atom is 0.253 e. The van der Waals surface area contributed by atoms with E-state index in [9.17, 15) is 9.59 Å². The van der Waals surface area contributed by atoms with E-state index in [4.69, 9.17) is 5.73 Å². The molecular weight excluding hydrogens is 346 g/mol. The van der Waals surface area contributed by atoms with Gasteiger partial charge in [0.2, 0.25) is 5.91 Å². The van der Waals surface area contributed by atoms with Crippen molar-refractivity contribution in [3.8, 4) is 0 Å². The zero-order valence-electron chi connectivity index (χ0n) is 15.2. The lowest BCUT2D eigenvalue weighted by Gasteiger charge is -2.11. The van der Waals surface area contributed by atoms with Gasteiger partial charge in [0.1, 0.15) is 0 Å². The van der Waals surface area contributed by atoms with E-state index >= 15 is 0 Å². The lowest BCUT2D eigenvalue weighted by molar-refractivity contribution is -0.115. The van der Waals surface area contributed by atoms with Crippen molar-refractivity contribution in [2.75, 3.05) is 24.2 Å². The number of anilines is 1. The third-order valence-electron chi connectivity index (χ3n) is 3.95. The van der Waals surface area contributed by atoms with Crippen molar-refractivity contribution in [2.45, 2.75) is 25.2 Å². The summed E-state index contributed by atoms with van der Waals surface area (Å²) in [6.07, 6.45) is 0.371. The molecule has 4 N–H and O–H groups in total. The Morgan fingerprint density at radius 2 is 1.85 bits per heavy atom. The molecular formula is C20H25N3O2S. The van der Waals surface area contributed by atoms with E-state index in [0.717, 1.165) is 4.90 Å². The number of hydrogen-bond donors (Lipinski definition) is 3. The summed E-state index contributed by atoms with van der Waals surface area (Å²) in [5, 5.41) is 5.55. The minimum atomic E-state index is -0.240. The zero-order chi connectivity index (χ0) is 18.9. The Bertz CT molecular complexity index is 777. The van der Waals surface area contributed by atoms with Gasteiger partial charge in [-0.2, -0.15) is 0 Å². The highest BCUT2D eigenvalue weighted by Crippen LogP contribution is 2.22. The maximum absolute atomic E-state index is 12.2. The molecule has 2 rings (SSSR count). The van der Waals surface area contributed by atoms with Crippen LogP contribution in [0.15, 0.2) is 47.4 Å². The average Bonchev–Trinajstić information content (AvgIpc) is 2.63. The third kappa shape index (κ3) is 5.89. The molecule has 0 fully saturated rings. The molecule has 0 spiro atoms. The molecule has 26 heavy (non-hydrogen) atoms. The highest BCUT2D eigenvalue weighted by atomic mass is 32.2. The highest BCUT2D eigenvalue weighted by Gasteiger charge is 2.12. The number of aryl methyl sites for hydroxylation is 2. The van der Waals surface area contributed by atoms with Gasteiger partial charge in [0.15, 0.2) is 0 Å². The molecule has 0 aromatic heterocycles. The van der Waals surface area contributed by atoms with Gasteiger partial charge in [-0.15, -0.1) is 11.8 Å². The molecule has 0 aliphatic heterocycles. The number of thioether (sulfide) groups is 1. The Kier molecular flexibility index (Phi) is 7.69.